The van der Waals surface area contributed by atoms with Crippen molar-refractivity contribution in [2.45, 2.75) is 19.9 Å². The topological polar surface area (TPSA) is 62.6 Å². The zero-order valence-electron chi connectivity index (χ0n) is 21.0. The number of aromatic nitrogens is 1. The maximum absolute atomic E-state index is 12.4. The minimum Gasteiger partial charge on any atom is -0.365 e. The summed E-state index contributed by atoms with van der Waals surface area (Å²) in [7, 11) is -3.08. The average molecular weight is 510 g/mol. The Balaban J connectivity index is 1.54. The van der Waals surface area contributed by atoms with Gasteiger partial charge in [-0.25, -0.2) is 13.4 Å². The summed E-state index contributed by atoms with van der Waals surface area (Å²) in [4.78, 5) is 12.2. The van der Waals surface area contributed by atoms with E-state index in [2.05, 4.69) is 47.4 Å². The van der Waals surface area contributed by atoms with Crippen molar-refractivity contribution in [3.8, 4) is 0 Å². The molecule has 5 nitrogen and oxygen atoms in total. The van der Waals surface area contributed by atoms with Gasteiger partial charge in [-0.3, -0.25) is 4.98 Å². The van der Waals surface area contributed by atoms with Crippen LogP contribution in [0.4, 0.5) is 11.4 Å². The first-order chi connectivity index (χ1) is 18.0. The molecule has 5 rings (SSSR count). The molecule has 1 aliphatic heterocycles. The maximum atomic E-state index is 12.4. The van der Waals surface area contributed by atoms with E-state index in [0.717, 1.165) is 33.9 Å². The third-order valence-corrected chi connectivity index (χ3v) is 8.57. The quantitative estimate of drug-likeness (QED) is 0.279. The second-order valence-corrected chi connectivity index (χ2v) is 11.9. The van der Waals surface area contributed by atoms with Crippen LogP contribution in [0.15, 0.2) is 108 Å². The van der Waals surface area contributed by atoms with Crippen LogP contribution in [0, 0.1) is 5.92 Å². The van der Waals surface area contributed by atoms with E-state index < -0.39 is 9.84 Å². The Bertz CT molecular complexity index is 1430. The van der Waals surface area contributed by atoms with Crippen molar-refractivity contribution in [1.82, 2.24) is 4.98 Å². The highest BCUT2D eigenvalue weighted by Crippen LogP contribution is 2.33. The minimum absolute atomic E-state index is 0.00668. The van der Waals surface area contributed by atoms with Crippen molar-refractivity contribution in [3.63, 3.8) is 0 Å². The summed E-state index contributed by atoms with van der Waals surface area (Å²) in [6.07, 6.45) is 2.45. The number of hydrogen-bond acceptors (Lipinski definition) is 5. The summed E-state index contributed by atoms with van der Waals surface area (Å²) in [6, 6.07) is 32.7. The Morgan fingerprint density at radius 2 is 1.51 bits per heavy atom. The van der Waals surface area contributed by atoms with Crippen LogP contribution in [-0.2, 0) is 22.8 Å². The summed E-state index contributed by atoms with van der Waals surface area (Å²) in [5.41, 5.74) is 6.87. The van der Waals surface area contributed by atoms with E-state index in [1.807, 2.05) is 60.8 Å². The van der Waals surface area contributed by atoms with E-state index in [1.54, 1.807) is 6.92 Å². The number of pyridine rings is 1. The van der Waals surface area contributed by atoms with Crippen LogP contribution in [0.25, 0.3) is 0 Å². The van der Waals surface area contributed by atoms with Gasteiger partial charge in [0.05, 0.1) is 34.7 Å². The number of sulfone groups is 1. The van der Waals surface area contributed by atoms with Gasteiger partial charge in [0.2, 0.25) is 0 Å². The molecule has 6 heteroatoms. The molecule has 4 aromatic rings. The molecule has 1 atom stereocenters. The number of nitrogens with zero attached hydrogens (tertiary/aromatic N) is 3. The van der Waals surface area contributed by atoms with E-state index in [0.29, 0.717) is 19.5 Å². The predicted molar refractivity (Wildman–Crippen MR) is 151 cm³/mol. The molecule has 0 unspecified atom stereocenters. The second-order valence-electron chi connectivity index (χ2n) is 9.49. The standard InChI is InChI=1S/C31H31N3O2S/c1-2-37(35,36)23-25-18-29-30(34(22-25)21-24-12-6-3-7-13-24)19-28(20-32-29)33-31(26-14-8-4-9-15-26)27-16-10-5-11-17-27/h3-17,19-20,25H,2,18,21-23H2,1H3/t25-/m0/s1. The van der Waals surface area contributed by atoms with Crippen LogP contribution in [-0.4, -0.2) is 37.2 Å². The van der Waals surface area contributed by atoms with Gasteiger partial charge in [-0.15, -0.1) is 0 Å². The monoisotopic (exact) mass is 509 g/mol. The molecule has 1 aliphatic rings. The molecule has 0 saturated carbocycles. The summed E-state index contributed by atoms with van der Waals surface area (Å²) >= 11 is 0. The van der Waals surface area contributed by atoms with Crippen molar-refractivity contribution >= 4 is 26.9 Å². The van der Waals surface area contributed by atoms with Crippen LogP contribution in [0.2, 0.25) is 0 Å². The van der Waals surface area contributed by atoms with Crippen LogP contribution in [0.1, 0.15) is 29.3 Å². The second kappa shape index (κ2) is 11.1. The fourth-order valence-electron chi connectivity index (χ4n) is 4.87. The van der Waals surface area contributed by atoms with Crippen LogP contribution in [0.5, 0.6) is 0 Å². The fraction of sp³-hybridized carbons (Fsp3) is 0.226. The first-order valence-electron chi connectivity index (χ1n) is 12.7. The molecule has 1 aromatic heterocycles. The van der Waals surface area contributed by atoms with E-state index in [4.69, 9.17) is 9.98 Å². The van der Waals surface area contributed by atoms with Gasteiger partial charge in [-0.2, -0.15) is 0 Å². The Morgan fingerprint density at radius 3 is 2.11 bits per heavy atom. The molecule has 37 heavy (non-hydrogen) atoms. The van der Waals surface area contributed by atoms with Gasteiger partial charge >= 0.3 is 0 Å². The van der Waals surface area contributed by atoms with Gasteiger partial charge in [0.25, 0.3) is 0 Å². The number of anilines is 1. The molecule has 2 heterocycles. The number of fused-ring (bicyclic) bond motifs is 1. The van der Waals surface area contributed by atoms with Gasteiger partial charge < -0.3 is 4.90 Å². The highest BCUT2D eigenvalue weighted by atomic mass is 32.2. The van der Waals surface area contributed by atoms with Crippen molar-refractivity contribution in [2.75, 3.05) is 23.0 Å². The predicted octanol–water partition coefficient (Wildman–Crippen LogP) is 5.86. The molecule has 0 N–H and O–H groups in total. The average Bonchev–Trinajstić information content (AvgIpc) is 2.93. The Labute approximate surface area is 219 Å². The summed E-state index contributed by atoms with van der Waals surface area (Å²) in [5, 5.41) is 0. The van der Waals surface area contributed by atoms with E-state index >= 15 is 0 Å². The molecule has 0 spiro atoms. The maximum Gasteiger partial charge on any atom is 0.150 e. The largest absolute Gasteiger partial charge is 0.365 e. The lowest BCUT2D eigenvalue weighted by atomic mass is 9.97. The number of aliphatic imine (C=N–C) groups is 1. The SMILES string of the molecule is CCS(=O)(=O)C[C@H]1Cc2ncc(N=C(c3ccccc3)c3ccccc3)cc2N(Cc2ccccc2)C1. The fourth-order valence-corrected chi connectivity index (χ4v) is 6.05. The molecule has 0 bridgehead atoms. The first-order valence-corrected chi connectivity index (χ1v) is 14.5. The van der Waals surface area contributed by atoms with E-state index in [-0.39, 0.29) is 17.4 Å². The smallest absolute Gasteiger partial charge is 0.150 e. The summed E-state index contributed by atoms with van der Waals surface area (Å²) < 4.78 is 24.9. The lowest BCUT2D eigenvalue weighted by Gasteiger charge is -2.35. The molecule has 0 amide bonds. The zero-order valence-corrected chi connectivity index (χ0v) is 21.8. The molecule has 0 aliphatic carbocycles. The molecule has 0 saturated heterocycles. The third-order valence-electron chi connectivity index (χ3n) is 6.72. The molecule has 3 aromatic carbocycles. The van der Waals surface area contributed by atoms with Crippen LogP contribution < -0.4 is 4.90 Å². The summed E-state index contributed by atoms with van der Waals surface area (Å²) in [5.74, 6) is 0.354. The van der Waals surface area contributed by atoms with Crippen molar-refractivity contribution < 1.29 is 8.42 Å². The van der Waals surface area contributed by atoms with Gasteiger partial charge in [0, 0.05) is 30.0 Å². The number of hydrogen-bond donors (Lipinski definition) is 0. The molecular weight excluding hydrogens is 478 g/mol. The van der Waals surface area contributed by atoms with Gasteiger partial charge in [-0.05, 0) is 24.0 Å². The van der Waals surface area contributed by atoms with Gasteiger partial charge in [0.1, 0.15) is 9.84 Å². The first kappa shape index (κ1) is 24.9. The summed E-state index contributed by atoms with van der Waals surface area (Å²) in [6.45, 7) is 3.07. The third kappa shape index (κ3) is 6.15. The highest BCUT2D eigenvalue weighted by molar-refractivity contribution is 7.91. The van der Waals surface area contributed by atoms with Crippen LogP contribution >= 0.6 is 0 Å². The molecule has 188 valence electrons. The van der Waals surface area contributed by atoms with Gasteiger partial charge in [0.15, 0.2) is 0 Å². The lowest BCUT2D eigenvalue weighted by molar-refractivity contribution is 0.509. The Hall–Kier alpha value is -3.77. The van der Waals surface area contributed by atoms with E-state index in [1.165, 1.54) is 5.56 Å². The van der Waals surface area contributed by atoms with Crippen molar-refractivity contribution in [3.05, 3.63) is 126 Å². The Kier molecular flexibility index (Phi) is 7.47. The van der Waals surface area contributed by atoms with Crippen LogP contribution in [0.3, 0.4) is 0 Å². The van der Waals surface area contributed by atoms with Gasteiger partial charge in [-0.1, -0.05) is 97.9 Å². The highest BCUT2D eigenvalue weighted by Gasteiger charge is 2.29. The molecular formula is C31H31N3O2S. The Morgan fingerprint density at radius 1 is 0.919 bits per heavy atom. The number of benzene rings is 3. The lowest BCUT2D eigenvalue weighted by Crippen LogP contribution is -2.38. The normalized spacial score (nSPS) is 15.2. The minimum atomic E-state index is -3.08. The van der Waals surface area contributed by atoms with Crippen molar-refractivity contribution in [2.24, 2.45) is 10.9 Å². The molecule has 0 fully saturated rings. The van der Waals surface area contributed by atoms with Crippen molar-refractivity contribution in [1.29, 1.82) is 0 Å². The zero-order chi connectivity index (χ0) is 25.7. The number of rotatable bonds is 8. The molecule has 0 radical (unpaired) electrons. The van der Waals surface area contributed by atoms with E-state index in [9.17, 15) is 8.42 Å².